The monoisotopic (exact) mass is 376 g/mol. The Balaban J connectivity index is 1.99. The van der Waals surface area contributed by atoms with Crippen molar-refractivity contribution < 1.29 is 34.0 Å². The van der Waals surface area contributed by atoms with Gasteiger partial charge in [-0.15, -0.1) is 0 Å². The highest BCUT2D eigenvalue weighted by Crippen LogP contribution is 2.33. The van der Waals surface area contributed by atoms with Gasteiger partial charge in [0, 0.05) is 12.3 Å². The molecule has 0 aliphatic carbocycles. The molecule has 2 N–H and O–H groups in total. The van der Waals surface area contributed by atoms with Gasteiger partial charge in [-0.3, -0.25) is 4.79 Å². The van der Waals surface area contributed by atoms with Crippen molar-refractivity contribution in [3.63, 3.8) is 0 Å². The molecule has 146 valence electrons. The number of esters is 2. The number of allylic oxidation sites excluding steroid dienone is 1. The van der Waals surface area contributed by atoms with Crippen LogP contribution in [-0.2, 0) is 30.2 Å². The van der Waals surface area contributed by atoms with E-state index in [2.05, 4.69) is 0 Å². The molecule has 2 rings (SSSR count). The molecule has 7 nitrogen and oxygen atoms in total. The van der Waals surface area contributed by atoms with E-state index in [0.29, 0.717) is 6.42 Å². The fourth-order valence-electron chi connectivity index (χ4n) is 3.00. The number of rotatable bonds is 6. The predicted octanol–water partition coefficient (Wildman–Crippen LogP) is 2.61. The molecule has 7 heteroatoms. The number of carbonyl (C=O) groups is 2. The van der Waals surface area contributed by atoms with Crippen molar-refractivity contribution in [2.24, 2.45) is 5.92 Å². The average molecular weight is 376 g/mol. The summed E-state index contributed by atoms with van der Waals surface area (Å²) in [6, 6.07) is 4.43. The Labute approximate surface area is 157 Å². The zero-order chi connectivity index (χ0) is 20.0. The average Bonchev–Trinajstić information content (AvgIpc) is 2.64. The Morgan fingerprint density at radius 2 is 2.00 bits per heavy atom. The van der Waals surface area contributed by atoms with Gasteiger partial charge in [-0.2, -0.15) is 0 Å². The minimum absolute atomic E-state index is 0.00483. The van der Waals surface area contributed by atoms with Crippen LogP contribution in [0.5, 0.6) is 11.5 Å². The molecule has 0 spiro atoms. The first-order valence-electron chi connectivity index (χ1n) is 8.63. The van der Waals surface area contributed by atoms with Gasteiger partial charge >= 0.3 is 11.9 Å². The highest BCUT2D eigenvalue weighted by atomic mass is 16.5. The van der Waals surface area contributed by atoms with Crippen LogP contribution in [0.15, 0.2) is 41.7 Å². The summed E-state index contributed by atoms with van der Waals surface area (Å²) in [6.45, 7) is 3.78. The van der Waals surface area contributed by atoms with Crippen molar-refractivity contribution in [2.45, 2.75) is 32.8 Å². The largest absolute Gasteiger partial charge is 0.504 e. The summed E-state index contributed by atoms with van der Waals surface area (Å²) in [5.41, 5.74) is 1.82. The van der Waals surface area contributed by atoms with Crippen LogP contribution in [-0.4, -0.2) is 42.0 Å². The number of hydrogen-bond donors (Lipinski definition) is 2. The van der Waals surface area contributed by atoms with Gasteiger partial charge < -0.3 is 24.4 Å². The van der Waals surface area contributed by atoms with Crippen molar-refractivity contribution in [1.29, 1.82) is 0 Å². The smallest absolute Gasteiger partial charge is 0.337 e. The summed E-state index contributed by atoms with van der Waals surface area (Å²) >= 11 is 0. The number of ether oxygens (including phenoxy) is 3. The highest BCUT2D eigenvalue weighted by Gasteiger charge is 2.34. The molecule has 1 aromatic carbocycles. The molecule has 1 aliphatic rings. The number of benzene rings is 1. The number of aromatic hydroxyl groups is 2. The Morgan fingerprint density at radius 3 is 2.63 bits per heavy atom. The molecular formula is C20H24O7. The normalized spacial score (nSPS) is 20.6. The van der Waals surface area contributed by atoms with Gasteiger partial charge in [0.25, 0.3) is 0 Å². The summed E-state index contributed by atoms with van der Waals surface area (Å²) in [4.78, 5) is 24.3. The SMILES string of the molecule is C/C=C1/[C@H](C)OC=C(C(=O)OC)[C@H]1CC(=O)OCCc1ccc(O)c(O)c1. The van der Waals surface area contributed by atoms with Crippen LogP contribution in [0.1, 0.15) is 25.8 Å². The van der Waals surface area contributed by atoms with Gasteiger partial charge in [0.15, 0.2) is 11.5 Å². The molecule has 1 aromatic rings. The molecule has 1 heterocycles. The molecule has 0 radical (unpaired) electrons. The van der Waals surface area contributed by atoms with E-state index in [1.54, 1.807) is 6.07 Å². The summed E-state index contributed by atoms with van der Waals surface area (Å²) in [5.74, 6) is -1.88. The van der Waals surface area contributed by atoms with Crippen molar-refractivity contribution in [1.82, 2.24) is 0 Å². The fraction of sp³-hybridized carbons (Fsp3) is 0.400. The van der Waals surface area contributed by atoms with E-state index in [1.165, 1.54) is 25.5 Å². The lowest BCUT2D eigenvalue weighted by molar-refractivity contribution is -0.144. The Bertz CT molecular complexity index is 764. The summed E-state index contributed by atoms with van der Waals surface area (Å²) in [5, 5.41) is 18.8. The van der Waals surface area contributed by atoms with Crippen molar-refractivity contribution in [2.75, 3.05) is 13.7 Å². The topological polar surface area (TPSA) is 102 Å². The lowest BCUT2D eigenvalue weighted by Gasteiger charge is -2.30. The summed E-state index contributed by atoms with van der Waals surface area (Å²) < 4.78 is 15.5. The van der Waals surface area contributed by atoms with Crippen LogP contribution in [0.3, 0.4) is 0 Å². The quantitative estimate of drug-likeness (QED) is 0.447. The Morgan fingerprint density at radius 1 is 1.26 bits per heavy atom. The van der Waals surface area contributed by atoms with Crippen molar-refractivity contribution in [3.05, 3.63) is 47.2 Å². The maximum Gasteiger partial charge on any atom is 0.337 e. The lowest BCUT2D eigenvalue weighted by atomic mass is 9.84. The maximum absolute atomic E-state index is 12.3. The van der Waals surface area contributed by atoms with Gasteiger partial charge in [0.1, 0.15) is 6.10 Å². The number of phenols is 2. The molecule has 27 heavy (non-hydrogen) atoms. The van der Waals surface area contributed by atoms with E-state index in [0.717, 1.165) is 11.1 Å². The maximum atomic E-state index is 12.3. The molecule has 0 fully saturated rings. The van der Waals surface area contributed by atoms with Crippen LogP contribution in [0.4, 0.5) is 0 Å². The molecule has 0 saturated heterocycles. The molecule has 2 atom stereocenters. The third kappa shape index (κ3) is 5.03. The fourth-order valence-corrected chi connectivity index (χ4v) is 3.00. The lowest BCUT2D eigenvalue weighted by Crippen LogP contribution is -2.30. The minimum atomic E-state index is -0.543. The third-order valence-corrected chi connectivity index (χ3v) is 4.47. The molecule has 0 unspecified atom stereocenters. The highest BCUT2D eigenvalue weighted by molar-refractivity contribution is 5.90. The van der Waals surface area contributed by atoms with Gasteiger partial charge in [0.2, 0.25) is 0 Å². The van der Waals surface area contributed by atoms with Crippen molar-refractivity contribution >= 4 is 11.9 Å². The van der Waals surface area contributed by atoms with E-state index in [4.69, 9.17) is 14.2 Å². The van der Waals surface area contributed by atoms with Gasteiger partial charge in [-0.1, -0.05) is 12.1 Å². The molecule has 1 aliphatic heterocycles. The van der Waals surface area contributed by atoms with E-state index >= 15 is 0 Å². The van der Waals surface area contributed by atoms with Gasteiger partial charge in [-0.25, -0.2) is 4.79 Å². The van der Waals surface area contributed by atoms with Crippen LogP contribution in [0.25, 0.3) is 0 Å². The predicted molar refractivity (Wildman–Crippen MR) is 96.9 cm³/mol. The molecule has 0 saturated carbocycles. The van der Waals surface area contributed by atoms with Crippen LogP contribution < -0.4 is 0 Å². The number of methoxy groups -OCH3 is 1. The first-order valence-corrected chi connectivity index (χ1v) is 8.63. The van der Waals surface area contributed by atoms with Gasteiger partial charge in [-0.05, 0) is 37.1 Å². The molecular weight excluding hydrogens is 352 g/mol. The number of phenolic OH excluding ortho intramolecular Hbond substituents is 2. The van der Waals surface area contributed by atoms with Crippen LogP contribution in [0, 0.1) is 5.92 Å². The summed E-state index contributed by atoms with van der Waals surface area (Å²) in [7, 11) is 1.28. The van der Waals surface area contributed by atoms with E-state index in [1.807, 2.05) is 19.9 Å². The second kappa shape index (κ2) is 9.12. The Kier molecular flexibility index (Phi) is 6.87. The third-order valence-electron chi connectivity index (χ3n) is 4.47. The Hall–Kier alpha value is -2.96. The van der Waals surface area contributed by atoms with Crippen LogP contribution >= 0.6 is 0 Å². The molecule has 0 amide bonds. The van der Waals surface area contributed by atoms with E-state index in [9.17, 15) is 19.8 Å². The summed E-state index contributed by atoms with van der Waals surface area (Å²) in [6.07, 6.45) is 3.31. The minimum Gasteiger partial charge on any atom is -0.504 e. The van der Waals surface area contributed by atoms with E-state index < -0.39 is 17.9 Å². The van der Waals surface area contributed by atoms with E-state index in [-0.39, 0.29) is 36.2 Å². The molecule has 0 aromatic heterocycles. The number of carbonyl (C=O) groups excluding carboxylic acids is 2. The number of hydrogen-bond acceptors (Lipinski definition) is 7. The van der Waals surface area contributed by atoms with Crippen LogP contribution in [0.2, 0.25) is 0 Å². The molecule has 0 bridgehead atoms. The second-order valence-corrected chi connectivity index (χ2v) is 6.18. The standard InChI is InChI=1S/C20H24O7/c1-4-14-12(2)27-11-16(20(24)25-3)15(14)10-19(23)26-8-7-13-5-6-17(21)18(22)9-13/h4-6,9,11-12,15,21-22H,7-8,10H2,1-3H3/b14-4-/t12-,15-/m0/s1. The second-order valence-electron chi connectivity index (χ2n) is 6.18. The van der Waals surface area contributed by atoms with Gasteiger partial charge in [0.05, 0.1) is 32.0 Å². The first kappa shape index (κ1) is 20.4. The zero-order valence-electron chi connectivity index (χ0n) is 15.6. The zero-order valence-corrected chi connectivity index (χ0v) is 15.6. The van der Waals surface area contributed by atoms with Crippen molar-refractivity contribution in [3.8, 4) is 11.5 Å². The first-order chi connectivity index (χ1) is 12.9.